The second-order valence-electron chi connectivity index (χ2n) is 6.15. The third-order valence-corrected chi connectivity index (χ3v) is 4.35. The number of aromatic nitrogens is 3. The number of hydrogen-bond donors (Lipinski definition) is 0. The summed E-state index contributed by atoms with van der Waals surface area (Å²) in [5, 5.41) is 8.65. The fourth-order valence-corrected chi connectivity index (χ4v) is 3.15. The van der Waals surface area contributed by atoms with Crippen molar-refractivity contribution < 1.29 is 21.8 Å². The maximum Gasteiger partial charge on any atom is 0.338 e. The van der Waals surface area contributed by atoms with Crippen molar-refractivity contribution in [2.75, 3.05) is 6.26 Å². The lowest BCUT2D eigenvalue weighted by Crippen LogP contribution is -2.07. The average molecular weight is 413 g/mol. The molecule has 0 unspecified atom stereocenters. The van der Waals surface area contributed by atoms with Crippen LogP contribution >= 0.6 is 0 Å². The van der Waals surface area contributed by atoms with E-state index in [4.69, 9.17) is 13.3 Å². The van der Waals surface area contributed by atoms with Gasteiger partial charge in [-0.15, -0.1) is 5.10 Å². The minimum Gasteiger partial charge on any atom is -0.487 e. The Kier molecular flexibility index (Phi) is 4.77. The molecule has 0 aliphatic heterocycles. The highest BCUT2D eigenvalue weighted by atomic mass is 32.2. The fourth-order valence-electron chi connectivity index (χ4n) is 2.70. The maximum atomic E-state index is 12.0. The van der Waals surface area contributed by atoms with E-state index in [-0.39, 0.29) is 17.9 Å². The smallest absolute Gasteiger partial charge is 0.338 e. The van der Waals surface area contributed by atoms with E-state index in [1.807, 2.05) is 30.3 Å². The number of para-hydroxylation sites is 1. The van der Waals surface area contributed by atoms with Gasteiger partial charge in [0.1, 0.15) is 29.4 Å². The van der Waals surface area contributed by atoms with Gasteiger partial charge in [0, 0.05) is 11.5 Å². The van der Waals surface area contributed by atoms with Crippen molar-refractivity contribution in [3.8, 4) is 17.2 Å². The van der Waals surface area contributed by atoms with E-state index in [9.17, 15) is 13.2 Å². The quantitative estimate of drug-likeness (QED) is 0.349. The van der Waals surface area contributed by atoms with Crippen molar-refractivity contribution in [1.29, 1.82) is 0 Å². The van der Waals surface area contributed by atoms with Gasteiger partial charge in [-0.2, -0.15) is 8.42 Å². The van der Waals surface area contributed by atoms with Crippen LogP contribution in [-0.4, -0.2) is 29.7 Å². The number of rotatable bonds is 6. The molecule has 4 aromatic rings. The minimum absolute atomic E-state index is 0.0378. The molecular formula is C19H15N3O6S. The van der Waals surface area contributed by atoms with Gasteiger partial charge >= 0.3 is 15.7 Å². The number of nitrogens with zero attached hydrogens (tertiary/aromatic N) is 3. The summed E-state index contributed by atoms with van der Waals surface area (Å²) < 4.78 is 39.7. The zero-order chi connectivity index (χ0) is 20.4. The van der Waals surface area contributed by atoms with Gasteiger partial charge in [0.25, 0.3) is 0 Å². The molecule has 2 heterocycles. The van der Waals surface area contributed by atoms with E-state index in [0.717, 1.165) is 6.26 Å². The first-order valence-electron chi connectivity index (χ1n) is 8.44. The molecule has 0 saturated carbocycles. The topological polar surface area (TPSA) is 114 Å². The Labute approximate surface area is 165 Å². The molecule has 0 radical (unpaired) electrons. The van der Waals surface area contributed by atoms with E-state index in [2.05, 4.69) is 10.3 Å². The molecule has 10 heteroatoms. The molecule has 0 N–H and O–H groups in total. The number of benzene rings is 2. The van der Waals surface area contributed by atoms with Gasteiger partial charge in [0.2, 0.25) is 0 Å². The van der Waals surface area contributed by atoms with Crippen LogP contribution in [0, 0.1) is 0 Å². The summed E-state index contributed by atoms with van der Waals surface area (Å²) in [6.07, 6.45) is 2.57. The van der Waals surface area contributed by atoms with Gasteiger partial charge in [-0.3, -0.25) is 0 Å². The Bertz CT molecular complexity index is 1330. The maximum absolute atomic E-state index is 12.0. The third kappa shape index (κ3) is 4.43. The predicted octanol–water partition coefficient (Wildman–Crippen LogP) is 2.29. The van der Waals surface area contributed by atoms with Gasteiger partial charge in [-0.1, -0.05) is 23.4 Å². The van der Waals surface area contributed by atoms with E-state index in [1.54, 1.807) is 12.3 Å². The molecule has 2 aromatic carbocycles. The molecule has 29 heavy (non-hydrogen) atoms. The van der Waals surface area contributed by atoms with Crippen molar-refractivity contribution in [2.45, 2.75) is 6.61 Å². The van der Waals surface area contributed by atoms with Crippen molar-refractivity contribution in [3.63, 3.8) is 0 Å². The first kappa shape index (κ1) is 18.7. The fraction of sp³-hybridized carbons (Fsp3) is 0.105. The molecule has 148 valence electrons. The molecule has 4 rings (SSSR count). The predicted molar refractivity (Wildman–Crippen MR) is 104 cm³/mol. The first-order valence-corrected chi connectivity index (χ1v) is 10.3. The molecule has 9 nitrogen and oxygen atoms in total. The third-order valence-electron chi connectivity index (χ3n) is 3.86. The molecule has 0 spiro atoms. The van der Waals surface area contributed by atoms with Crippen LogP contribution in [0.5, 0.6) is 11.5 Å². The molecule has 0 saturated heterocycles. The molecule has 0 aliphatic carbocycles. The van der Waals surface area contributed by atoms with E-state index in [0.29, 0.717) is 22.5 Å². The van der Waals surface area contributed by atoms with Crippen LogP contribution in [-0.2, 0) is 16.7 Å². The monoisotopic (exact) mass is 413 g/mol. The van der Waals surface area contributed by atoms with E-state index < -0.39 is 15.7 Å². The van der Waals surface area contributed by atoms with Gasteiger partial charge in [-0.05, 0) is 24.3 Å². The molecule has 0 bridgehead atoms. The molecule has 0 fully saturated rings. The Hall–Kier alpha value is -3.66. The molecule has 2 aromatic heterocycles. The van der Waals surface area contributed by atoms with Crippen molar-refractivity contribution in [2.24, 2.45) is 0 Å². The average Bonchev–Trinajstić information content (AvgIpc) is 3.14. The zero-order valence-corrected chi connectivity index (χ0v) is 16.0. The lowest BCUT2D eigenvalue weighted by molar-refractivity contribution is 0.301. The van der Waals surface area contributed by atoms with E-state index in [1.165, 1.54) is 22.9 Å². The standard InChI is InChI=1S/C19H15N3O6S/c1-29(24,25)28-15-7-8-16-17(10-19(23)27-18(16)9-15)22-11-13(20-21-22)12-26-14-5-3-2-4-6-14/h2-11H,12H2,1H3. The number of hydrogen-bond acceptors (Lipinski definition) is 8. The van der Waals surface area contributed by atoms with Crippen molar-refractivity contribution in [1.82, 2.24) is 15.0 Å². The molecule has 0 aliphatic rings. The SMILES string of the molecule is CS(=O)(=O)Oc1ccc2c(-n3cc(COc4ccccc4)nn3)cc(=O)oc2c1. The second-order valence-corrected chi connectivity index (χ2v) is 7.73. The first-order chi connectivity index (χ1) is 13.9. The van der Waals surface area contributed by atoms with Crippen LogP contribution in [0.25, 0.3) is 16.7 Å². The van der Waals surface area contributed by atoms with Crippen LogP contribution in [0.2, 0.25) is 0 Å². The molecule has 0 amide bonds. The van der Waals surface area contributed by atoms with Crippen LogP contribution in [0.4, 0.5) is 0 Å². The summed E-state index contributed by atoms with van der Waals surface area (Å²) in [5.41, 5.74) is 0.528. The van der Waals surface area contributed by atoms with Gasteiger partial charge in [0.15, 0.2) is 0 Å². The molecule has 0 atom stereocenters. The van der Waals surface area contributed by atoms with Crippen LogP contribution in [0.1, 0.15) is 5.69 Å². The highest BCUT2D eigenvalue weighted by molar-refractivity contribution is 7.86. The summed E-state index contributed by atoms with van der Waals surface area (Å²) in [6, 6.07) is 14.9. The summed E-state index contributed by atoms with van der Waals surface area (Å²) in [7, 11) is -3.71. The molecular weight excluding hydrogens is 398 g/mol. The number of ether oxygens (including phenoxy) is 1. The largest absolute Gasteiger partial charge is 0.487 e. The van der Waals surface area contributed by atoms with Crippen LogP contribution < -0.4 is 14.5 Å². The van der Waals surface area contributed by atoms with E-state index >= 15 is 0 Å². The summed E-state index contributed by atoms with van der Waals surface area (Å²) in [6.45, 7) is 0.204. The van der Waals surface area contributed by atoms with Gasteiger partial charge in [0.05, 0.1) is 24.2 Å². The normalized spacial score (nSPS) is 11.5. The van der Waals surface area contributed by atoms with Gasteiger partial charge in [-0.25, -0.2) is 9.48 Å². The number of fused-ring (bicyclic) bond motifs is 1. The highest BCUT2D eigenvalue weighted by Crippen LogP contribution is 2.25. The zero-order valence-electron chi connectivity index (χ0n) is 15.2. The second kappa shape index (κ2) is 7.40. The highest BCUT2D eigenvalue weighted by Gasteiger charge is 2.13. The van der Waals surface area contributed by atoms with Crippen LogP contribution in [0.3, 0.4) is 0 Å². The summed E-state index contributed by atoms with van der Waals surface area (Å²) in [5.74, 6) is 0.738. The Morgan fingerprint density at radius 2 is 1.86 bits per heavy atom. The van der Waals surface area contributed by atoms with Crippen molar-refractivity contribution in [3.05, 3.63) is 76.9 Å². The van der Waals surface area contributed by atoms with Gasteiger partial charge < -0.3 is 13.3 Å². The lowest BCUT2D eigenvalue weighted by Gasteiger charge is -2.07. The van der Waals surface area contributed by atoms with Crippen LogP contribution in [0.15, 0.2) is 70.0 Å². The summed E-state index contributed by atoms with van der Waals surface area (Å²) in [4.78, 5) is 12.0. The Balaban J connectivity index is 1.65. The Morgan fingerprint density at radius 1 is 1.07 bits per heavy atom. The minimum atomic E-state index is -3.71. The Morgan fingerprint density at radius 3 is 2.62 bits per heavy atom. The lowest BCUT2D eigenvalue weighted by atomic mass is 10.2. The van der Waals surface area contributed by atoms with Crippen molar-refractivity contribution >= 4 is 21.1 Å². The summed E-state index contributed by atoms with van der Waals surface area (Å²) >= 11 is 0.